The maximum absolute atomic E-state index is 16.7. The lowest BCUT2D eigenvalue weighted by Crippen LogP contribution is -2.17. The Morgan fingerprint density at radius 2 is 0.585 bits per heavy atom. The van der Waals surface area contributed by atoms with Crippen LogP contribution in [0.4, 0.5) is 42.9 Å². The Morgan fingerprint density at radius 3 is 0.951 bits per heavy atom. The van der Waals surface area contributed by atoms with Crippen LogP contribution in [0.1, 0.15) is 61.1 Å². The SMILES string of the molecule is Cc1ccc(N(c2ccccc2)c2ccc3c(c2)C(C)(C)c2cc4c(-c5cc(F)ccc5-c5ccccc5)c5c(cc4c(-c4cc(F)ccc4-c4ccccc4)c2-3)C(C)(C)c2cc(N(c3ccccc3)c3ccc(C)cc3)ccc2-5)cc1. The van der Waals surface area contributed by atoms with Crippen LogP contribution < -0.4 is 9.80 Å². The van der Waals surface area contributed by atoms with Gasteiger partial charge in [-0.25, -0.2) is 8.78 Å². The van der Waals surface area contributed by atoms with Crippen molar-refractivity contribution in [3.05, 3.63) is 300 Å². The number of halogens is 2. The second kappa shape index (κ2) is 19.6. The molecule has 0 fully saturated rings. The fraction of sp³-hybridized carbons (Fsp3) is 0.103. The monoisotopic (exact) mass is 1060 g/mol. The molecule has 2 nitrogen and oxygen atoms in total. The number of hydrogen-bond donors (Lipinski definition) is 0. The first-order chi connectivity index (χ1) is 39.8. The Balaban J connectivity index is 1.10. The van der Waals surface area contributed by atoms with E-state index >= 15 is 8.78 Å². The highest BCUT2D eigenvalue weighted by atomic mass is 19.1. The highest BCUT2D eigenvalue weighted by Gasteiger charge is 2.43. The van der Waals surface area contributed by atoms with E-state index in [-0.39, 0.29) is 11.6 Å². The molecule has 0 spiro atoms. The minimum Gasteiger partial charge on any atom is -0.310 e. The van der Waals surface area contributed by atoms with Crippen molar-refractivity contribution < 1.29 is 8.78 Å². The van der Waals surface area contributed by atoms with Crippen LogP contribution in [0.2, 0.25) is 0 Å². The van der Waals surface area contributed by atoms with E-state index in [1.807, 2.05) is 48.5 Å². The summed E-state index contributed by atoms with van der Waals surface area (Å²) in [5.74, 6) is -0.640. The molecule has 0 saturated heterocycles. The van der Waals surface area contributed by atoms with Gasteiger partial charge in [0.1, 0.15) is 11.6 Å². The molecule has 0 aromatic heterocycles. The third-order valence-electron chi connectivity index (χ3n) is 17.5. The fourth-order valence-corrected chi connectivity index (χ4v) is 13.4. The summed E-state index contributed by atoms with van der Waals surface area (Å²) in [5, 5.41) is 1.95. The van der Waals surface area contributed by atoms with E-state index in [0.717, 1.165) is 123 Å². The highest BCUT2D eigenvalue weighted by Crippen LogP contribution is 2.62. The third-order valence-corrected chi connectivity index (χ3v) is 17.5. The average Bonchev–Trinajstić information content (AvgIpc) is 1.65. The summed E-state index contributed by atoms with van der Waals surface area (Å²) in [6.07, 6.45) is 0. The lowest BCUT2D eigenvalue weighted by molar-refractivity contribution is 0.628. The Labute approximate surface area is 479 Å². The Bertz CT molecular complexity index is 4160. The molecule has 0 bridgehead atoms. The van der Waals surface area contributed by atoms with Gasteiger partial charge in [-0.1, -0.05) is 184 Å². The summed E-state index contributed by atoms with van der Waals surface area (Å²) in [6.45, 7) is 13.6. The molecule has 0 radical (unpaired) electrons. The largest absolute Gasteiger partial charge is 0.310 e. The van der Waals surface area contributed by atoms with Crippen LogP contribution in [0.25, 0.3) is 77.5 Å². The predicted octanol–water partition coefficient (Wildman–Crippen LogP) is 22.0. The molecule has 2 aliphatic carbocycles. The summed E-state index contributed by atoms with van der Waals surface area (Å²) in [7, 11) is 0. The average molecular weight is 1060 g/mol. The van der Waals surface area contributed by atoms with Gasteiger partial charge >= 0.3 is 0 Å². The van der Waals surface area contributed by atoms with Crippen LogP contribution in [-0.4, -0.2) is 0 Å². The Morgan fingerprint density at radius 1 is 0.268 bits per heavy atom. The van der Waals surface area contributed by atoms with Crippen molar-refractivity contribution in [2.24, 2.45) is 0 Å². The molecule has 12 aromatic carbocycles. The van der Waals surface area contributed by atoms with Crippen molar-refractivity contribution in [1.82, 2.24) is 0 Å². The third kappa shape index (κ3) is 8.27. The van der Waals surface area contributed by atoms with Crippen molar-refractivity contribution in [3.63, 3.8) is 0 Å². The number of para-hydroxylation sites is 2. The van der Waals surface area contributed by atoms with E-state index in [1.54, 1.807) is 24.3 Å². The van der Waals surface area contributed by atoms with E-state index in [9.17, 15) is 0 Å². The van der Waals surface area contributed by atoms with Gasteiger partial charge in [-0.05, 0) is 223 Å². The number of benzene rings is 12. The van der Waals surface area contributed by atoms with Gasteiger partial charge in [-0.3, -0.25) is 0 Å². The van der Waals surface area contributed by atoms with Gasteiger partial charge in [0, 0.05) is 45.0 Å². The first-order valence-corrected chi connectivity index (χ1v) is 28.4. The molecule has 0 N–H and O–H groups in total. The van der Waals surface area contributed by atoms with Crippen LogP contribution in [0, 0.1) is 25.5 Å². The maximum atomic E-state index is 16.7. The van der Waals surface area contributed by atoms with Crippen molar-refractivity contribution >= 4 is 44.9 Å². The summed E-state index contributed by atoms with van der Waals surface area (Å²) >= 11 is 0. The molecule has 4 heteroatoms. The number of fused-ring (bicyclic) bond motifs is 7. The lowest BCUT2D eigenvalue weighted by Gasteiger charge is -2.29. The van der Waals surface area contributed by atoms with E-state index in [4.69, 9.17) is 0 Å². The molecule has 0 heterocycles. The van der Waals surface area contributed by atoms with Gasteiger partial charge in [-0.15, -0.1) is 0 Å². The minimum absolute atomic E-state index is 0.320. The number of hydrogen-bond acceptors (Lipinski definition) is 2. The van der Waals surface area contributed by atoms with Gasteiger partial charge in [-0.2, -0.15) is 0 Å². The van der Waals surface area contributed by atoms with Crippen LogP contribution in [0.3, 0.4) is 0 Å². The van der Waals surface area contributed by atoms with Crippen molar-refractivity contribution in [3.8, 4) is 66.8 Å². The van der Waals surface area contributed by atoms with E-state index in [2.05, 4.69) is 233 Å². The zero-order valence-electron chi connectivity index (χ0n) is 46.9. The molecule has 14 rings (SSSR count). The van der Waals surface area contributed by atoms with Gasteiger partial charge in [0.2, 0.25) is 0 Å². The second-order valence-corrected chi connectivity index (χ2v) is 23.3. The molecule has 12 aromatic rings. The smallest absolute Gasteiger partial charge is 0.123 e. The maximum Gasteiger partial charge on any atom is 0.123 e. The minimum atomic E-state index is -0.567. The standard InChI is InChI=1S/C78H60F2N2/c1-49-27-33-57(34-28-49)81(55-23-15-9-16-24-55)59-37-41-63-69(45-59)77(3,4)71-47-67-68(73(75(63)71)65-43-53(79)31-39-61(65)51-19-11-7-12-20-51)48-72-76(74(67)66-44-54(80)32-40-62(66)52-21-13-8-14-22-52)64-42-38-60(46-70(64)78(72,5)6)82(56-25-17-10-18-26-56)58-35-29-50(2)30-36-58/h7-48H,1-6H3. The number of nitrogens with zero attached hydrogens (tertiary/aromatic N) is 2. The van der Waals surface area contributed by atoms with Gasteiger partial charge < -0.3 is 9.80 Å². The van der Waals surface area contributed by atoms with E-state index in [1.165, 1.54) is 22.3 Å². The summed E-state index contributed by atoms with van der Waals surface area (Å²) in [5.41, 5.74) is 23.8. The number of aryl methyl sites for hydroxylation is 2. The molecule has 82 heavy (non-hydrogen) atoms. The molecule has 2 aliphatic rings. The normalized spacial score (nSPS) is 13.3. The van der Waals surface area contributed by atoms with Crippen LogP contribution in [-0.2, 0) is 10.8 Å². The molecule has 0 aliphatic heterocycles. The quantitative estimate of drug-likeness (QED) is 0.135. The van der Waals surface area contributed by atoms with Crippen LogP contribution in [0.15, 0.2) is 255 Å². The zero-order valence-corrected chi connectivity index (χ0v) is 46.9. The second-order valence-electron chi connectivity index (χ2n) is 23.3. The fourth-order valence-electron chi connectivity index (χ4n) is 13.4. The molecular formula is C78H60F2N2. The first-order valence-electron chi connectivity index (χ1n) is 28.4. The summed E-state index contributed by atoms with van der Waals surface area (Å²) in [4.78, 5) is 4.66. The Kier molecular flexibility index (Phi) is 12.1. The number of anilines is 6. The predicted molar refractivity (Wildman–Crippen MR) is 340 cm³/mol. The van der Waals surface area contributed by atoms with E-state index < -0.39 is 10.8 Å². The first kappa shape index (κ1) is 50.6. The molecule has 396 valence electrons. The molecule has 0 unspecified atom stereocenters. The number of rotatable bonds is 10. The van der Waals surface area contributed by atoms with Crippen molar-refractivity contribution in [1.29, 1.82) is 0 Å². The van der Waals surface area contributed by atoms with Gasteiger partial charge in [0.25, 0.3) is 0 Å². The Hall–Kier alpha value is -9.64. The van der Waals surface area contributed by atoms with Crippen molar-refractivity contribution in [2.45, 2.75) is 52.4 Å². The van der Waals surface area contributed by atoms with Gasteiger partial charge in [0.15, 0.2) is 0 Å². The summed E-state index contributed by atoms with van der Waals surface area (Å²) in [6, 6.07) is 88.4. The molecular weight excluding hydrogens is 1000 g/mol. The van der Waals surface area contributed by atoms with Gasteiger partial charge in [0.05, 0.1) is 0 Å². The zero-order chi connectivity index (χ0) is 56.0. The lowest BCUT2D eigenvalue weighted by atomic mass is 9.75. The molecule has 0 atom stereocenters. The van der Waals surface area contributed by atoms with Crippen LogP contribution in [0.5, 0.6) is 0 Å². The van der Waals surface area contributed by atoms with Crippen LogP contribution >= 0.6 is 0 Å². The summed E-state index contributed by atoms with van der Waals surface area (Å²) < 4.78 is 33.4. The molecule has 0 amide bonds. The van der Waals surface area contributed by atoms with E-state index in [0.29, 0.717) is 0 Å². The topological polar surface area (TPSA) is 6.48 Å². The highest BCUT2D eigenvalue weighted by molar-refractivity contribution is 6.19. The van der Waals surface area contributed by atoms with Crippen molar-refractivity contribution in [2.75, 3.05) is 9.80 Å². The molecule has 0 saturated carbocycles.